The Hall–Kier alpha value is -0.530. The van der Waals surface area contributed by atoms with Gasteiger partial charge in [-0.3, -0.25) is 0 Å². The number of hydrogen-bond acceptors (Lipinski definition) is 1. The van der Waals surface area contributed by atoms with Crippen molar-refractivity contribution in [2.75, 3.05) is 6.54 Å². The first-order chi connectivity index (χ1) is 8.04. The van der Waals surface area contributed by atoms with Crippen LogP contribution in [0.15, 0.2) is 18.2 Å². The van der Waals surface area contributed by atoms with E-state index >= 15 is 0 Å². The topological polar surface area (TPSA) is 26.0 Å². The summed E-state index contributed by atoms with van der Waals surface area (Å²) in [7, 11) is 0. The van der Waals surface area contributed by atoms with Gasteiger partial charge in [0, 0.05) is 5.02 Å². The first kappa shape index (κ1) is 12.9. The zero-order chi connectivity index (χ0) is 12.5. The number of benzene rings is 1. The van der Waals surface area contributed by atoms with Crippen molar-refractivity contribution in [1.29, 1.82) is 0 Å². The predicted molar refractivity (Wildman–Crippen MR) is 74.4 cm³/mol. The Morgan fingerprint density at radius 2 is 2.24 bits per heavy atom. The fourth-order valence-corrected chi connectivity index (χ4v) is 3.42. The monoisotopic (exact) mass is 251 g/mol. The van der Waals surface area contributed by atoms with Crippen LogP contribution in [0, 0.1) is 18.3 Å². The van der Waals surface area contributed by atoms with E-state index in [2.05, 4.69) is 32.0 Å². The molecule has 0 heterocycles. The third kappa shape index (κ3) is 2.83. The van der Waals surface area contributed by atoms with Gasteiger partial charge in [-0.05, 0) is 61.3 Å². The molecule has 0 aliphatic heterocycles. The highest BCUT2D eigenvalue weighted by Crippen LogP contribution is 2.44. The molecule has 1 aliphatic rings. The van der Waals surface area contributed by atoms with Crippen molar-refractivity contribution in [2.45, 2.75) is 39.5 Å². The highest BCUT2D eigenvalue weighted by molar-refractivity contribution is 6.31. The van der Waals surface area contributed by atoms with Gasteiger partial charge in [-0.2, -0.15) is 0 Å². The predicted octanol–water partition coefficient (Wildman–Crippen LogP) is 3.96. The quantitative estimate of drug-likeness (QED) is 0.865. The fraction of sp³-hybridized carbons (Fsp3) is 0.600. The Kier molecular flexibility index (Phi) is 3.79. The normalized spacial score (nSPS) is 28.6. The summed E-state index contributed by atoms with van der Waals surface area (Å²) in [6.07, 6.45) is 4.83. The van der Waals surface area contributed by atoms with Gasteiger partial charge in [-0.25, -0.2) is 0 Å². The van der Waals surface area contributed by atoms with Crippen LogP contribution in [-0.2, 0) is 6.42 Å². The van der Waals surface area contributed by atoms with E-state index in [0.717, 1.165) is 23.9 Å². The Morgan fingerprint density at radius 1 is 1.47 bits per heavy atom. The summed E-state index contributed by atoms with van der Waals surface area (Å²) in [5.74, 6) is 0.808. The van der Waals surface area contributed by atoms with Crippen molar-refractivity contribution in [2.24, 2.45) is 17.1 Å². The molecule has 94 valence electrons. The van der Waals surface area contributed by atoms with E-state index in [1.54, 1.807) is 0 Å². The third-order valence-corrected chi connectivity index (χ3v) is 4.51. The van der Waals surface area contributed by atoms with Crippen LogP contribution < -0.4 is 5.73 Å². The van der Waals surface area contributed by atoms with E-state index in [0.29, 0.717) is 0 Å². The average Bonchev–Trinajstić information content (AvgIpc) is 2.65. The maximum atomic E-state index is 6.32. The maximum absolute atomic E-state index is 6.32. The van der Waals surface area contributed by atoms with E-state index in [1.807, 2.05) is 0 Å². The minimum Gasteiger partial charge on any atom is -0.330 e. The van der Waals surface area contributed by atoms with Gasteiger partial charge in [-0.15, -0.1) is 0 Å². The summed E-state index contributed by atoms with van der Waals surface area (Å²) >= 11 is 6.32. The SMILES string of the molecule is Cc1ccc(CC2(CN)CCC(C)C2)c(Cl)c1. The molecular weight excluding hydrogens is 230 g/mol. The van der Waals surface area contributed by atoms with E-state index in [-0.39, 0.29) is 5.41 Å². The van der Waals surface area contributed by atoms with Crippen LogP contribution in [0.2, 0.25) is 5.02 Å². The molecule has 0 aromatic heterocycles. The second kappa shape index (κ2) is 4.99. The van der Waals surface area contributed by atoms with Gasteiger partial charge in [0.15, 0.2) is 0 Å². The molecule has 2 N–H and O–H groups in total. The highest BCUT2D eigenvalue weighted by atomic mass is 35.5. The molecule has 1 aliphatic carbocycles. The lowest BCUT2D eigenvalue weighted by atomic mass is 9.79. The van der Waals surface area contributed by atoms with Crippen molar-refractivity contribution in [3.63, 3.8) is 0 Å². The lowest BCUT2D eigenvalue weighted by molar-refractivity contribution is 0.296. The van der Waals surface area contributed by atoms with Gasteiger partial charge in [-0.1, -0.05) is 37.1 Å². The molecule has 1 saturated carbocycles. The van der Waals surface area contributed by atoms with Gasteiger partial charge in [0.05, 0.1) is 0 Å². The summed E-state index contributed by atoms with van der Waals surface area (Å²) in [6.45, 7) is 5.18. The van der Waals surface area contributed by atoms with Crippen LogP contribution in [0.1, 0.15) is 37.3 Å². The lowest BCUT2D eigenvalue weighted by Gasteiger charge is -2.28. The molecule has 2 rings (SSSR count). The van der Waals surface area contributed by atoms with Crippen molar-refractivity contribution in [3.05, 3.63) is 34.3 Å². The fourth-order valence-electron chi connectivity index (χ4n) is 3.11. The molecule has 1 aromatic rings. The average molecular weight is 252 g/mol. The van der Waals surface area contributed by atoms with Crippen LogP contribution in [0.3, 0.4) is 0 Å². The zero-order valence-electron chi connectivity index (χ0n) is 10.8. The van der Waals surface area contributed by atoms with E-state index in [4.69, 9.17) is 17.3 Å². The number of hydrogen-bond donors (Lipinski definition) is 1. The van der Waals surface area contributed by atoms with Crippen LogP contribution >= 0.6 is 11.6 Å². The molecule has 17 heavy (non-hydrogen) atoms. The van der Waals surface area contributed by atoms with Gasteiger partial charge in [0.25, 0.3) is 0 Å². The maximum Gasteiger partial charge on any atom is 0.0440 e. The van der Waals surface area contributed by atoms with Crippen molar-refractivity contribution in [3.8, 4) is 0 Å². The van der Waals surface area contributed by atoms with Crippen LogP contribution in [0.5, 0.6) is 0 Å². The molecule has 0 spiro atoms. The molecule has 2 unspecified atom stereocenters. The van der Waals surface area contributed by atoms with Crippen molar-refractivity contribution >= 4 is 11.6 Å². The van der Waals surface area contributed by atoms with Crippen LogP contribution in [0.4, 0.5) is 0 Å². The van der Waals surface area contributed by atoms with Gasteiger partial charge in [0.1, 0.15) is 0 Å². The molecular formula is C15H22ClN. The number of halogens is 1. The van der Waals surface area contributed by atoms with E-state index in [9.17, 15) is 0 Å². The lowest BCUT2D eigenvalue weighted by Crippen LogP contribution is -2.30. The molecule has 1 aromatic carbocycles. The highest BCUT2D eigenvalue weighted by Gasteiger charge is 2.36. The Bertz CT molecular complexity index is 402. The van der Waals surface area contributed by atoms with Crippen molar-refractivity contribution < 1.29 is 0 Å². The van der Waals surface area contributed by atoms with Crippen LogP contribution in [0.25, 0.3) is 0 Å². The number of nitrogens with two attached hydrogens (primary N) is 1. The molecule has 2 atom stereocenters. The van der Waals surface area contributed by atoms with Gasteiger partial charge in [0.2, 0.25) is 0 Å². The summed E-state index contributed by atoms with van der Waals surface area (Å²) in [5, 5.41) is 0.900. The molecule has 1 fully saturated rings. The number of aryl methyl sites for hydroxylation is 1. The van der Waals surface area contributed by atoms with E-state index < -0.39 is 0 Å². The Labute approximate surface area is 109 Å². The molecule has 0 bridgehead atoms. The Morgan fingerprint density at radius 3 is 2.76 bits per heavy atom. The minimum absolute atomic E-state index is 0.290. The summed E-state index contributed by atoms with van der Waals surface area (Å²) in [4.78, 5) is 0. The van der Waals surface area contributed by atoms with Crippen molar-refractivity contribution in [1.82, 2.24) is 0 Å². The standard InChI is InChI=1S/C15H22ClN/c1-11-3-4-13(14(16)7-11)9-15(10-17)6-5-12(2)8-15/h3-4,7,12H,5-6,8-10,17H2,1-2H3. The molecule has 2 heteroatoms. The first-order valence-corrected chi connectivity index (χ1v) is 6.87. The second-order valence-corrected chi connectivity index (χ2v) is 6.23. The molecule has 0 radical (unpaired) electrons. The molecule has 1 nitrogen and oxygen atoms in total. The summed E-state index contributed by atoms with van der Waals surface area (Å²) in [5.41, 5.74) is 8.79. The smallest absolute Gasteiger partial charge is 0.0440 e. The third-order valence-electron chi connectivity index (χ3n) is 4.16. The minimum atomic E-state index is 0.290. The van der Waals surface area contributed by atoms with Gasteiger partial charge < -0.3 is 5.73 Å². The summed E-state index contributed by atoms with van der Waals surface area (Å²) in [6, 6.07) is 6.36. The van der Waals surface area contributed by atoms with Gasteiger partial charge >= 0.3 is 0 Å². The second-order valence-electron chi connectivity index (χ2n) is 5.82. The summed E-state index contributed by atoms with van der Waals surface area (Å²) < 4.78 is 0. The zero-order valence-corrected chi connectivity index (χ0v) is 11.6. The van der Waals surface area contributed by atoms with Crippen LogP contribution in [-0.4, -0.2) is 6.54 Å². The first-order valence-electron chi connectivity index (χ1n) is 6.50. The molecule has 0 saturated heterocycles. The molecule has 0 amide bonds. The Balaban J connectivity index is 2.19. The largest absolute Gasteiger partial charge is 0.330 e. The number of rotatable bonds is 3. The van der Waals surface area contributed by atoms with E-state index in [1.165, 1.54) is 30.4 Å².